The molecule has 0 radical (unpaired) electrons. The summed E-state index contributed by atoms with van der Waals surface area (Å²) >= 11 is 0. The van der Waals surface area contributed by atoms with Crippen LogP contribution >= 0.6 is 0 Å². The van der Waals surface area contributed by atoms with E-state index < -0.39 is 0 Å². The summed E-state index contributed by atoms with van der Waals surface area (Å²) in [5.41, 5.74) is -0.216. The monoisotopic (exact) mass is 166 g/mol. The number of rotatable bonds is 2. The Hall–Kier alpha value is -1.32. The lowest BCUT2D eigenvalue weighted by Crippen LogP contribution is -2.25. The van der Waals surface area contributed by atoms with Crippen LogP contribution in [0.1, 0.15) is 19.3 Å². The van der Waals surface area contributed by atoms with Crippen LogP contribution in [0.25, 0.3) is 0 Å². The molecular formula is C8H10N2O2. The minimum absolute atomic E-state index is 0.216. The third-order valence-corrected chi connectivity index (χ3v) is 1.99. The fourth-order valence-electron chi connectivity index (χ4n) is 1.10. The smallest absolute Gasteiger partial charge is 0.267 e. The van der Waals surface area contributed by atoms with Gasteiger partial charge in [0.1, 0.15) is 5.75 Å². The predicted octanol–water partition coefficient (Wildman–Crippen LogP) is 0.701. The van der Waals surface area contributed by atoms with E-state index in [0.29, 0.717) is 11.9 Å². The molecule has 0 saturated heterocycles. The van der Waals surface area contributed by atoms with E-state index in [0.717, 1.165) is 12.8 Å². The summed E-state index contributed by atoms with van der Waals surface area (Å²) in [7, 11) is 0. The number of ether oxygens (including phenoxy) is 1. The fourth-order valence-corrected chi connectivity index (χ4v) is 1.10. The van der Waals surface area contributed by atoms with E-state index in [1.54, 1.807) is 0 Å². The Morgan fingerprint density at radius 1 is 1.58 bits per heavy atom. The van der Waals surface area contributed by atoms with Gasteiger partial charge in [-0.15, -0.1) is 0 Å². The first-order valence-corrected chi connectivity index (χ1v) is 4.06. The predicted molar refractivity (Wildman–Crippen MR) is 43.1 cm³/mol. The van der Waals surface area contributed by atoms with E-state index >= 15 is 0 Å². The van der Waals surface area contributed by atoms with Crippen LogP contribution in [0.4, 0.5) is 0 Å². The van der Waals surface area contributed by atoms with Gasteiger partial charge >= 0.3 is 0 Å². The number of aromatic amines is 1. The highest BCUT2D eigenvalue weighted by atomic mass is 16.5. The summed E-state index contributed by atoms with van der Waals surface area (Å²) in [4.78, 5) is 10.8. The molecule has 1 saturated carbocycles. The Balaban J connectivity index is 2.06. The Bertz CT molecular complexity index is 317. The quantitative estimate of drug-likeness (QED) is 0.703. The molecule has 4 nitrogen and oxygen atoms in total. The van der Waals surface area contributed by atoms with E-state index in [1.807, 2.05) is 0 Å². The molecule has 0 bridgehead atoms. The van der Waals surface area contributed by atoms with Crippen molar-refractivity contribution in [2.75, 3.05) is 0 Å². The lowest BCUT2D eigenvalue weighted by molar-refractivity contribution is 0.119. The van der Waals surface area contributed by atoms with Gasteiger partial charge in [0.15, 0.2) is 0 Å². The molecule has 0 atom stereocenters. The first-order valence-electron chi connectivity index (χ1n) is 4.06. The second-order valence-electron chi connectivity index (χ2n) is 2.95. The van der Waals surface area contributed by atoms with E-state index in [1.165, 1.54) is 18.7 Å². The van der Waals surface area contributed by atoms with Crippen LogP contribution in [0.3, 0.4) is 0 Å². The van der Waals surface area contributed by atoms with Gasteiger partial charge in [-0.2, -0.15) is 5.10 Å². The van der Waals surface area contributed by atoms with Crippen molar-refractivity contribution in [2.24, 2.45) is 0 Å². The van der Waals surface area contributed by atoms with Crippen molar-refractivity contribution in [3.8, 4) is 5.75 Å². The molecule has 64 valence electrons. The lowest BCUT2D eigenvalue weighted by atomic mass is 9.96. The van der Waals surface area contributed by atoms with Crippen molar-refractivity contribution in [3.63, 3.8) is 0 Å². The van der Waals surface area contributed by atoms with Gasteiger partial charge in [-0.25, -0.2) is 5.10 Å². The summed E-state index contributed by atoms with van der Waals surface area (Å²) in [6, 6.07) is 1.42. The SMILES string of the molecule is O=c1cc(OC2CCC2)cn[nH]1. The third-order valence-electron chi connectivity index (χ3n) is 1.99. The molecule has 1 fully saturated rings. The average molecular weight is 166 g/mol. The van der Waals surface area contributed by atoms with E-state index in [4.69, 9.17) is 4.74 Å². The normalized spacial score (nSPS) is 17.0. The minimum Gasteiger partial charge on any atom is -0.489 e. The summed E-state index contributed by atoms with van der Waals surface area (Å²) in [5.74, 6) is 0.573. The Kier molecular flexibility index (Phi) is 1.81. The van der Waals surface area contributed by atoms with Gasteiger partial charge in [0, 0.05) is 6.07 Å². The molecule has 0 aliphatic heterocycles. The molecule has 1 N–H and O–H groups in total. The maximum absolute atomic E-state index is 10.8. The third kappa shape index (κ3) is 1.47. The van der Waals surface area contributed by atoms with Gasteiger partial charge in [0.25, 0.3) is 5.56 Å². The van der Waals surface area contributed by atoms with Crippen LogP contribution < -0.4 is 10.3 Å². The zero-order valence-electron chi connectivity index (χ0n) is 6.62. The summed E-state index contributed by atoms with van der Waals surface area (Å²) in [5, 5.41) is 5.93. The van der Waals surface area contributed by atoms with Crippen LogP contribution in [0.5, 0.6) is 5.75 Å². The molecule has 0 unspecified atom stereocenters. The Morgan fingerprint density at radius 3 is 3.00 bits per heavy atom. The van der Waals surface area contributed by atoms with Crippen LogP contribution in [-0.4, -0.2) is 16.3 Å². The fraction of sp³-hybridized carbons (Fsp3) is 0.500. The zero-order valence-corrected chi connectivity index (χ0v) is 6.62. The molecule has 12 heavy (non-hydrogen) atoms. The molecule has 1 heterocycles. The second-order valence-corrected chi connectivity index (χ2v) is 2.95. The average Bonchev–Trinajstić information content (AvgIpc) is 1.97. The molecule has 1 aliphatic rings. The molecule has 1 aliphatic carbocycles. The van der Waals surface area contributed by atoms with Crippen molar-refractivity contribution in [1.82, 2.24) is 10.2 Å². The van der Waals surface area contributed by atoms with Crippen molar-refractivity contribution >= 4 is 0 Å². The molecule has 4 heteroatoms. The first-order chi connectivity index (χ1) is 5.84. The van der Waals surface area contributed by atoms with Gasteiger partial charge in [-0.05, 0) is 19.3 Å². The number of hydrogen-bond acceptors (Lipinski definition) is 3. The van der Waals surface area contributed by atoms with Crippen LogP contribution in [-0.2, 0) is 0 Å². The zero-order chi connectivity index (χ0) is 8.39. The van der Waals surface area contributed by atoms with Crippen molar-refractivity contribution in [1.29, 1.82) is 0 Å². The van der Waals surface area contributed by atoms with Crippen molar-refractivity contribution in [3.05, 3.63) is 22.6 Å². The highest BCUT2D eigenvalue weighted by molar-refractivity contribution is 5.13. The molecule has 0 spiro atoms. The molecule has 0 aromatic carbocycles. The standard InChI is InChI=1S/C8H10N2O2/c11-8-4-7(5-9-10-8)12-6-2-1-3-6/h4-6H,1-3H2,(H,10,11). The summed E-state index contributed by atoms with van der Waals surface area (Å²) < 4.78 is 5.45. The Morgan fingerprint density at radius 2 is 2.42 bits per heavy atom. The van der Waals surface area contributed by atoms with Crippen LogP contribution in [0.15, 0.2) is 17.1 Å². The van der Waals surface area contributed by atoms with Crippen molar-refractivity contribution < 1.29 is 4.74 Å². The Labute approximate surface area is 69.6 Å². The minimum atomic E-state index is -0.216. The molecule has 0 amide bonds. The molecule has 1 aromatic rings. The summed E-state index contributed by atoms with van der Waals surface area (Å²) in [6.07, 6.45) is 5.23. The van der Waals surface area contributed by atoms with Gasteiger partial charge < -0.3 is 4.74 Å². The first kappa shape index (κ1) is 7.34. The maximum atomic E-state index is 10.8. The van der Waals surface area contributed by atoms with Gasteiger partial charge in [-0.3, -0.25) is 4.79 Å². The number of hydrogen-bond donors (Lipinski definition) is 1. The largest absolute Gasteiger partial charge is 0.489 e. The molecular weight excluding hydrogens is 156 g/mol. The highest BCUT2D eigenvalue weighted by Gasteiger charge is 2.18. The maximum Gasteiger partial charge on any atom is 0.267 e. The van der Waals surface area contributed by atoms with E-state index in [9.17, 15) is 4.79 Å². The lowest BCUT2D eigenvalue weighted by Gasteiger charge is -2.25. The highest BCUT2D eigenvalue weighted by Crippen LogP contribution is 2.23. The van der Waals surface area contributed by atoms with Crippen LogP contribution in [0.2, 0.25) is 0 Å². The second kappa shape index (κ2) is 2.97. The number of H-pyrrole nitrogens is 1. The molecule has 1 aromatic heterocycles. The van der Waals surface area contributed by atoms with E-state index in [-0.39, 0.29) is 5.56 Å². The number of aromatic nitrogens is 2. The van der Waals surface area contributed by atoms with Crippen LogP contribution in [0, 0.1) is 0 Å². The van der Waals surface area contributed by atoms with Crippen molar-refractivity contribution in [2.45, 2.75) is 25.4 Å². The van der Waals surface area contributed by atoms with E-state index in [2.05, 4.69) is 10.2 Å². The number of nitrogens with one attached hydrogen (secondary N) is 1. The summed E-state index contributed by atoms with van der Waals surface area (Å²) in [6.45, 7) is 0. The van der Waals surface area contributed by atoms with Gasteiger partial charge in [0.2, 0.25) is 0 Å². The topological polar surface area (TPSA) is 55.0 Å². The number of nitrogens with zero attached hydrogens (tertiary/aromatic N) is 1. The molecule has 2 rings (SSSR count). The van der Waals surface area contributed by atoms with Gasteiger partial charge in [0.05, 0.1) is 12.3 Å². The van der Waals surface area contributed by atoms with Gasteiger partial charge in [-0.1, -0.05) is 0 Å².